The van der Waals surface area contributed by atoms with E-state index in [0.29, 0.717) is 5.56 Å². The molecule has 6 nitrogen and oxygen atoms in total. The number of aromatic nitrogens is 1. The summed E-state index contributed by atoms with van der Waals surface area (Å²) in [5.41, 5.74) is 0.467. The first-order valence-corrected chi connectivity index (χ1v) is 6.95. The van der Waals surface area contributed by atoms with Crippen LogP contribution in [0.5, 0.6) is 5.88 Å². The Hall–Kier alpha value is -1.96. The number of carbonyl (C=O) groups excluding carboxylic acids is 1. The summed E-state index contributed by atoms with van der Waals surface area (Å²) in [4.78, 5) is 15.5. The van der Waals surface area contributed by atoms with Crippen LogP contribution in [0.3, 0.4) is 0 Å². The van der Waals surface area contributed by atoms with Gasteiger partial charge in [-0.05, 0) is 30.9 Å². The number of rotatable bonds is 6. The molecule has 4 rings (SSSR count). The van der Waals surface area contributed by atoms with Crippen LogP contribution in [0, 0.1) is 0 Å². The van der Waals surface area contributed by atoms with Crippen molar-refractivity contribution in [2.24, 2.45) is 0 Å². The summed E-state index contributed by atoms with van der Waals surface area (Å²) < 4.78 is 33.8. The van der Waals surface area contributed by atoms with Crippen LogP contribution in [0.2, 0.25) is 0 Å². The molecule has 2 bridgehead atoms. The fourth-order valence-corrected chi connectivity index (χ4v) is 3.23. The van der Waals surface area contributed by atoms with Crippen LogP contribution in [-0.4, -0.2) is 35.9 Å². The number of amides is 2. The van der Waals surface area contributed by atoms with Gasteiger partial charge in [0.1, 0.15) is 0 Å². The van der Waals surface area contributed by atoms with Gasteiger partial charge in [0.25, 0.3) is 0 Å². The number of urea groups is 1. The van der Waals surface area contributed by atoms with E-state index in [0.717, 1.165) is 19.3 Å². The van der Waals surface area contributed by atoms with Crippen LogP contribution in [0.25, 0.3) is 0 Å². The molecule has 0 radical (unpaired) electrons. The van der Waals surface area contributed by atoms with E-state index in [9.17, 15) is 13.6 Å². The monoisotopic (exact) mass is 317 g/mol. The van der Waals surface area contributed by atoms with E-state index in [-0.39, 0.29) is 32.4 Å². The Morgan fingerprint density at radius 2 is 2.23 bits per heavy atom. The van der Waals surface area contributed by atoms with Gasteiger partial charge in [-0.2, -0.15) is 8.78 Å². The lowest BCUT2D eigenvalue weighted by molar-refractivity contribution is -0.233. The van der Waals surface area contributed by atoms with Crippen molar-refractivity contribution in [1.29, 1.82) is 0 Å². The van der Waals surface area contributed by atoms with Gasteiger partial charge in [-0.25, -0.2) is 9.78 Å². The highest BCUT2D eigenvalue weighted by Crippen LogP contribution is 2.62. The first kappa shape index (κ1) is 15.0. The van der Waals surface area contributed by atoms with Crippen LogP contribution >= 0.6 is 0 Å². The molecule has 2 N–H and O–H groups in total. The van der Waals surface area contributed by atoms with Crippen molar-refractivity contribution in [3.63, 3.8) is 0 Å². The van der Waals surface area contributed by atoms with Crippen LogP contribution in [0.4, 0.5) is 13.6 Å². The minimum atomic E-state index is -2.92. The fourth-order valence-electron chi connectivity index (χ4n) is 3.23. The number of hydrogen-bond acceptors (Lipinski definition) is 4. The molecule has 0 spiro atoms. The Balaban J connectivity index is 0.00000144. The number of halogens is 2. The van der Waals surface area contributed by atoms with Crippen LogP contribution in [-0.2, 0) is 11.3 Å². The van der Waals surface area contributed by atoms with Gasteiger partial charge in [0.2, 0.25) is 5.88 Å². The quantitative estimate of drug-likeness (QED) is 0.844. The highest BCUT2D eigenvalue weighted by Gasteiger charge is 2.69. The molecular formula is C14H21F2N3O3. The number of methoxy groups -OCH3 is 1. The van der Waals surface area contributed by atoms with E-state index < -0.39 is 6.61 Å². The number of carbonyl (C=O) groups is 1. The molecule has 0 aliphatic heterocycles. The lowest BCUT2D eigenvalue weighted by Crippen LogP contribution is -2.79. The predicted molar refractivity (Wildman–Crippen MR) is 76.8 cm³/mol. The van der Waals surface area contributed by atoms with Gasteiger partial charge in [-0.3, -0.25) is 0 Å². The molecule has 1 aromatic rings. The molecule has 3 aliphatic carbocycles. The molecule has 124 valence electrons. The molecule has 0 unspecified atom stereocenters. The molecule has 3 saturated carbocycles. The van der Waals surface area contributed by atoms with Crippen molar-refractivity contribution in [2.75, 3.05) is 7.11 Å². The van der Waals surface area contributed by atoms with E-state index in [1.54, 1.807) is 13.2 Å². The van der Waals surface area contributed by atoms with Crippen molar-refractivity contribution in [2.45, 2.75) is 43.6 Å². The Bertz CT molecular complexity index is 572. The van der Waals surface area contributed by atoms with Crippen molar-refractivity contribution in [3.8, 4) is 5.88 Å². The molecule has 0 atom stereocenters. The second-order valence-corrected chi connectivity index (χ2v) is 5.89. The Labute approximate surface area is 129 Å². The lowest BCUT2D eigenvalue weighted by Gasteiger charge is -2.69. The van der Waals surface area contributed by atoms with E-state index in [2.05, 4.69) is 20.4 Å². The molecule has 0 saturated heterocycles. The minimum absolute atomic E-state index is 0. The molecule has 22 heavy (non-hydrogen) atoms. The first-order chi connectivity index (χ1) is 10.4. The highest BCUT2D eigenvalue weighted by atomic mass is 19.3. The highest BCUT2D eigenvalue weighted by molar-refractivity contribution is 5.75. The maximum absolute atomic E-state index is 12.1. The van der Waals surface area contributed by atoms with Crippen LogP contribution in [0.1, 0.15) is 27.7 Å². The van der Waals surface area contributed by atoms with Crippen molar-refractivity contribution < 1.29 is 25.9 Å². The third-order valence-electron chi connectivity index (χ3n) is 4.26. The Kier molecular flexibility index (Phi) is 3.64. The van der Waals surface area contributed by atoms with Crippen molar-refractivity contribution in [3.05, 3.63) is 23.9 Å². The standard InChI is InChI=1S/C14H17F2N3O3.2H2/c1-21-14-6-13(7-14,8-14)19-12(20)18-5-9-2-3-17-10(4-9)22-11(15)16;;/h2-4,11H,5-8H2,1H3,(H2,18,19,20);2*1H. The lowest BCUT2D eigenvalue weighted by atomic mass is 9.46. The van der Waals surface area contributed by atoms with Crippen LogP contribution in [0.15, 0.2) is 18.3 Å². The zero-order valence-corrected chi connectivity index (χ0v) is 12.1. The normalized spacial score (nSPS) is 28.5. The summed E-state index contributed by atoms with van der Waals surface area (Å²) in [6.45, 7) is -2.71. The van der Waals surface area contributed by atoms with Gasteiger partial charge < -0.3 is 20.1 Å². The van der Waals surface area contributed by atoms with Crippen molar-refractivity contribution in [1.82, 2.24) is 15.6 Å². The smallest absolute Gasteiger partial charge is 0.388 e. The first-order valence-electron chi connectivity index (χ1n) is 6.95. The average molecular weight is 317 g/mol. The van der Waals surface area contributed by atoms with Gasteiger partial charge in [-0.1, -0.05) is 0 Å². The summed E-state index contributed by atoms with van der Waals surface area (Å²) in [6, 6.07) is 2.71. The Morgan fingerprint density at radius 3 is 2.86 bits per heavy atom. The molecule has 8 heteroatoms. The SMILES string of the molecule is COC12CC(NC(=O)NCc3ccnc(OC(F)F)c3)(C1)C2.[HH].[HH]. The molecular weight excluding hydrogens is 296 g/mol. The summed E-state index contributed by atoms with van der Waals surface area (Å²) >= 11 is 0. The third-order valence-corrected chi connectivity index (χ3v) is 4.26. The number of ether oxygens (including phenoxy) is 2. The van der Waals surface area contributed by atoms with E-state index >= 15 is 0 Å². The third kappa shape index (κ3) is 2.83. The topological polar surface area (TPSA) is 72.5 Å². The average Bonchev–Trinajstić information content (AvgIpc) is 2.38. The van der Waals surface area contributed by atoms with Gasteiger partial charge in [0.15, 0.2) is 0 Å². The summed E-state index contributed by atoms with van der Waals surface area (Å²) in [5, 5.41) is 5.64. The van der Waals surface area contributed by atoms with Crippen LogP contribution < -0.4 is 15.4 Å². The summed E-state index contributed by atoms with van der Waals surface area (Å²) in [7, 11) is 1.69. The maximum Gasteiger partial charge on any atom is 0.388 e. The zero-order valence-electron chi connectivity index (χ0n) is 12.1. The van der Waals surface area contributed by atoms with Gasteiger partial charge in [0.05, 0.1) is 11.1 Å². The molecule has 2 amide bonds. The van der Waals surface area contributed by atoms with E-state index in [4.69, 9.17) is 4.74 Å². The molecule has 1 heterocycles. The second-order valence-electron chi connectivity index (χ2n) is 5.89. The minimum Gasteiger partial charge on any atom is -0.417 e. The number of hydrogen-bond donors (Lipinski definition) is 2. The molecule has 0 aromatic carbocycles. The van der Waals surface area contributed by atoms with Gasteiger partial charge in [-0.15, -0.1) is 0 Å². The summed E-state index contributed by atoms with van der Waals surface area (Å²) in [6.07, 6.45) is 3.87. The van der Waals surface area contributed by atoms with Crippen molar-refractivity contribution >= 4 is 6.03 Å². The number of nitrogens with one attached hydrogen (secondary N) is 2. The summed E-state index contributed by atoms with van der Waals surface area (Å²) in [5.74, 6) is -0.170. The maximum atomic E-state index is 12.1. The molecule has 3 aliphatic rings. The number of pyridine rings is 1. The predicted octanol–water partition coefficient (Wildman–Crippen LogP) is 2.30. The number of nitrogens with zero attached hydrogens (tertiary/aromatic N) is 1. The Morgan fingerprint density at radius 1 is 1.50 bits per heavy atom. The van der Waals surface area contributed by atoms with E-state index in [1.807, 2.05) is 0 Å². The van der Waals surface area contributed by atoms with E-state index in [1.165, 1.54) is 12.3 Å². The zero-order chi connectivity index (χ0) is 15.8. The molecule has 3 fully saturated rings. The molecule has 1 aromatic heterocycles. The largest absolute Gasteiger partial charge is 0.417 e. The number of alkyl halides is 2. The fraction of sp³-hybridized carbons (Fsp3) is 0.571. The second kappa shape index (κ2) is 5.35. The van der Waals surface area contributed by atoms with Gasteiger partial charge in [0, 0.05) is 28.8 Å². The van der Waals surface area contributed by atoms with Gasteiger partial charge >= 0.3 is 12.6 Å².